The van der Waals surface area contributed by atoms with Gasteiger partial charge in [-0.05, 0) is 12.1 Å². The minimum Gasteiger partial charge on any atom is -0.411 e. The molecular formula is C6H6N2OS. The lowest BCUT2D eigenvalue weighted by Crippen LogP contribution is -1.81. The predicted molar refractivity (Wildman–Crippen MR) is 41.0 cm³/mol. The van der Waals surface area contributed by atoms with E-state index in [2.05, 4.69) is 10.1 Å². The van der Waals surface area contributed by atoms with Gasteiger partial charge in [0.2, 0.25) is 0 Å². The molecule has 1 rings (SSSR count). The fourth-order valence-electron chi connectivity index (χ4n) is 0.570. The van der Waals surface area contributed by atoms with E-state index in [9.17, 15) is 0 Å². The van der Waals surface area contributed by atoms with Crippen LogP contribution in [0.2, 0.25) is 0 Å². The Morgan fingerprint density at radius 2 is 2.40 bits per heavy atom. The van der Waals surface area contributed by atoms with Gasteiger partial charge in [-0.3, -0.25) is 0 Å². The molecule has 0 saturated carbocycles. The topological polar surface area (TPSA) is 48.4 Å². The molecule has 1 aromatic rings. The monoisotopic (exact) mass is 154 g/mol. The van der Waals surface area contributed by atoms with Crippen molar-refractivity contribution in [1.82, 2.24) is 4.98 Å². The molecule has 10 heavy (non-hydrogen) atoms. The van der Waals surface area contributed by atoms with Gasteiger partial charge in [0.15, 0.2) is 0 Å². The molecule has 4 heteroatoms. The Labute approximate surface area is 63.0 Å². The average Bonchev–Trinajstić information content (AvgIpc) is 1.95. The summed E-state index contributed by atoms with van der Waals surface area (Å²) >= 11 is 4.79. The van der Waals surface area contributed by atoms with Crippen LogP contribution in [0.4, 0.5) is 0 Å². The molecule has 0 amide bonds. The first-order chi connectivity index (χ1) is 4.83. The number of H-pyrrole nitrogens is 1. The van der Waals surface area contributed by atoms with Gasteiger partial charge in [0, 0.05) is 11.8 Å². The molecule has 3 nitrogen and oxygen atoms in total. The molecule has 2 N–H and O–H groups in total. The summed E-state index contributed by atoms with van der Waals surface area (Å²) in [7, 11) is 0. The molecule has 0 aliphatic rings. The van der Waals surface area contributed by atoms with Gasteiger partial charge in [-0.1, -0.05) is 17.4 Å². The van der Waals surface area contributed by atoms with Crippen LogP contribution in [0, 0.1) is 4.64 Å². The molecule has 0 radical (unpaired) electrons. The third kappa shape index (κ3) is 1.66. The highest BCUT2D eigenvalue weighted by Gasteiger charge is 1.82. The molecule has 52 valence electrons. The van der Waals surface area contributed by atoms with Gasteiger partial charge in [0.1, 0.15) is 4.64 Å². The van der Waals surface area contributed by atoms with Crippen LogP contribution in [0.15, 0.2) is 23.5 Å². The molecule has 0 spiro atoms. The number of hydrogen-bond acceptors (Lipinski definition) is 3. The maximum Gasteiger partial charge on any atom is 0.103 e. The molecule has 0 unspecified atom stereocenters. The van der Waals surface area contributed by atoms with Gasteiger partial charge >= 0.3 is 0 Å². The summed E-state index contributed by atoms with van der Waals surface area (Å²) in [5.74, 6) is 0. The molecule has 0 fully saturated rings. The third-order valence-corrected chi connectivity index (χ3v) is 1.27. The van der Waals surface area contributed by atoms with Gasteiger partial charge in [0.25, 0.3) is 0 Å². The van der Waals surface area contributed by atoms with E-state index < -0.39 is 0 Å². The number of nitrogens with one attached hydrogen (secondary N) is 1. The minimum absolute atomic E-state index is 0.662. The first-order valence-corrected chi connectivity index (χ1v) is 3.10. The van der Waals surface area contributed by atoms with Crippen molar-refractivity contribution < 1.29 is 5.21 Å². The molecule has 0 atom stereocenters. The van der Waals surface area contributed by atoms with E-state index in [1.807, 2.05) is 0 Å². The summed E-state index contributed by atoms with van der Waals surface area (Å²) < 4.78 is 0.662. The van der Waals surface area contributed by atoms with Crippen molar-refractivity contribution in [2.75, 3.05) is 0 Å². The van der Waals surface area contributed by atoms with Crippen molar-refractivity contribution in [3.63, 3.8) is 0 Å². The number of hydrogen-bond donors (Lipinski definition) is 2. The summed E-state index contributed by atoms with van der Waals surface area (Å²) in [6.07, 6.45) is 2.99. The van der Waals surface area contributed by atoms with Gasteiger partial charge in [-0.15, -0.1) is 0 Å². The fraction of sp³-hybridized carbons (Fsp3) is 0. The summed E-state index contributed by atoms with van der Waals surface area (Å²) in [5, 5.41) is 11.0. The van der Waals surface area contributed by atoms with Gasteiger partial charge < -0.3 is 10.2 Å². The van der Waals surface area contributed by atoms with Crippen LogP contribution in [0.3, 0.4) is 0 Å². The van der Waals surface area contributed by atoms with Crippen LogP contribution >= 0.6 is 12.2 Å². The minimum atomic E-state index is 0.662. The Hall–Kier alpha value is -1.16. The zero-order chi connectivity index (χ0) is 7.40. The second-order valence-corrected chi connectivity index (χ2v) is 2.17. The lowest BCUT2D eigenvalue weighted by Gasteiger charge is -1.87. The van der Waals surface area contributed by atoms with Crippen molar-refractivity contribution in [3.05, 3.63) is 28.5 Å². The normalized spacial score (nSPS) is 10.4. The number of oxime groups is 1. The Kier molecular flexibility index (Phi) is 2.17. The highest BCUT2D eigenvalue weighted by Crippen LogP contribution is 1.91. The number of nitrogens with zero attached hydrogens (tertiary/aromatic N) is 1. The SMILES string of the molecule is ON=Cc1ccc(=S)[nH]c1. The highest BCUT2D eigenvalue weighted by atomic mass is 32.1. The van der Waals surface area contributed by atoms with Crippen molar-refractivity contribution >= 4 is 18.4 Å². The smallest absolute Gasteiger partial charge is 0.103 e. The molecule has 0 aliphatic heterocycles. The largest absolute Gasteiger partial charge is 0.411 e. The van der Waals surface area contributed by atoms with Crippen LogP contribution < -0.4 is 0 Å². The Morgan fingerprint density at radius 1 is 1.60 bits per heavy atom. The number of pyridine rings is 1. The van der Waals surface area contributed by atoms with Crippen molar-refractivity contribution in [2.45, 2.75) is 0 Å². The van der Waals surface area contributed by atoms with E-state index >= 15 is 0 Å². The van der Waals surface area contributed by atoms with Crippen LogP contribution in [-0.2, 0) is 0 Å². The third-order valence-electron chi connectivity index (χ3n) is 1.02. The second kappa shape index (κ2) is 3.12. The standard InChI is InChI=1S/C6H6N2OS/c9-8-4-5-1-2-6(10)7-3-5/h1-4,9H,(H,7,10). The second-order valence-electron chi connectivity index (χ2n) is 1.73. The summed E-state index contributed by atoms with van der Waals surface area (Å²) in [6, 6.07) is 3.49. The van der Waals surface area contributed by atoms with E-state index in [0.29, 0.717) is 4.64 Å². The Morgan fingerprint density at radius 3 is 2.90 bits per heavy atom. The van der Waals surface area contributed by atoms with Crippen LogP contribution in [0.25, 0.3) is 0 Å². The van der Waals surface area contributed by atoms with Crippen molar-refractivity contribution in [2.24, 2.45) is 5.16 Å². The maximum atomic E-state index is 8.12. The maximum absolute atomic E-state index is 8.12. The van der Waals surface area contributed by atoms with E-state index in [1.54, 1.807) is 18.3 Å². The quantitative estimate of drug-likeness (QED) is 0.279. The molecule has 0 aliphatic carbocycles. The van der Waals surface area contributed by atoms with E-state index in [0.717, 1.165) is 5.56 Å². The van der Waals surface area contributed by atoms with Gasteiger partial charge in [-0.2, -0.15) is 0 Å². The molecule has 1 aromatic heterocycles. The molecular weight excluding hydrogens is 148 g/mol. The first kappa shape index (κ1) is 6.95. The molecule has 0 aromatic carbocycles. The average molecular weight is 154 g/mol. The number of rotatable bonds is 1. The summed E-state index contributed by atoms with van der Waals surface area (Å²) in [4.78, 5) is 2.80. The zero-order valence-corrected chi connectivity index (χ0v) is 5.93. The van der Waals surface area contributed by atoms with Crippen molar-refractivity contribution in [1.29, 1.82) is 0 Å². The first-order valence-electron chi connectivity index (χ1n) is 2.69. The lowest BCUT2D eigenvalue weighted by molar-refractivity contribution is 0.322. The van der Waals surface area contributed by atoms with Crippen LogP contribution in [0.1, 0.15) is 5.56 Å². The predicted octanol–water partition coefficient (Wildman–Crippen LogP) is 1.55. The highest BCUT2D eigenvalue weighted by molar-refractivity contribution is 7.71. The zero-order valence-electron chi connectivity index (χ0n) is 5.11. The summed E-state index contributed by atoms with van der Waals surface area (Å²) in [6.45, 7) is 0. The van der Waals surface area contributed by atoms with E-state index in [1.165, 1.54) is 6.21 Å². The molecule has 0 bridgehead atoms. The number of aromatic amines is 1. The Balaban J connectivity index is 3.00. The fourth-order valence-corrected chi connectivity index (χ4v) is 0.697. The molecule has 1 heterocycles. The van der Waals surface area contributed by atoms with Gasteiger partial charge in [0.05, 0.1) is 6.21 Å². The van der Waals surface area contributed by atoms with Gasteiger partial charge in [-0.25, -0.2) is 0 Å². The van der Waals surface area contributed by atoms with Crippen LogP contribution in [-0.4, -0.2) is 16.4 Å². The molecule has 0 saturated heterocycles. The van der Waals surface area contributed by atoms with Crippen molar-refractivity contribution in [3.8, 4) is 0 Å². The summed E-state index contributed by atoms with van der Waals surface area (Å²) in [5.41, 5.74) is 0.788. The Bertz CT molecular complexity index is 272. The lowest BCUT2D eigenvalue weighted by atomic mass is 10.3. The van der Waals surface area contributed by atoms with E-state index in [4.69, 9.17) is 17.4 Å². The van der Waals surface area contributed by atoms with E-state index in [-0.39, 0.29) is 0 Å². The van der Waals surface area contributed by atoms with Crippen LogP contribution in [0.5, 0.6) is 0 Å². The number of aromatic nitrogens is 1.